The van der Waals surface area contributed by atoms with E-state index in [1.165, 1.54) is 93.4 Å². The fraction of sp³-hybridized carbons (Fsp3) is 0.159. The summed E-state index contributed by atoms with van der Waals surface area (Å²) in [7, 11) is -3.75. The summed E-state index contributed by atoms with van der Waals surface area (Å²) < 4.78 is 88.6. The molecule has 9 aromatic rings. The van der Waals surface area contributed by atoms with Crippen LogP contribution >= 0.6 is 0 Å². The molecule has 1 aliphatic carbocycles. The van der Waals surface area contributed by atoms with Gasteiger partial charge in [0, 0.05) is 0 Å². The molecule has 10 rings (SSSR count). The van der Waals surface area contributed by atoms with Gasteiger partial charge in [0.25, 0.3) is 0 Å². The van der Waals surface area contributed by atoms with Gasteiger partial charge in [-0.15, -0.1) is 0 Å². The minimum atomic E-state index is -3.75. The predicted molar refractivity (Wildman–Crippen MR) is 299 cm³/mol. The predicted octanol–water partition coefficient (Wildman–Crippen LogP) is 6.48. The minimum absolute atomic E-state index is 0. The Kier molecular flexibility index (Phi) is 20.1. The van der Waals surface area contributed by atoms with Gasteiger partial charge in [0.05, 0.1) is 0 Å². The molecule has 0 nitrogen and oxygen atoms in total. The number of benzene rings is 9. The number of allylic oxidation sites excluding steroid dienone is 4. The molecular weight excluding hydrogens is 1130 g/mol. The van der Waals surface area contributed by atoms with Crippen molar-refractivity contribution in [3.63, 3.8) is 0 Å². The zero-order valence-electron chi connectivity index (χ0n) is 44.7. The van der Waals surface area contributed by atoms with Gasteiger partial charge in [-0.2, -0.15) is 0 Å². The van der Waals surface area contributed by atoms with Gasteiger partial charge in [-0.25, -0.2) is 0 Å². The van der Waals surface area contributed by atoms with Gasteiger partial charge in [0.15, 0.2) is 0 Å². The van der Waals surface area contributed by atoms with Crippen molar-refractivity contribution >= 4 is 23.6 Å². The first-order valence-corrected chi connectivity index (χ1v) is 28.8. The molecule has 0 aliphatic heterocycles. The van der Waals surface area contributed by atoms with Crippen LogP contribution in [0.2, 0.25) is 5.04 Å². The smallest absolute Gasteiger partial charge is 1.00 e. The summed E-state index contributed by atoms with van der Waals surface area (Å²) in [4.78, 5) is 0. The van der Waals surface area contributed by atoms with E-state index in [0.717, 1.165) is 82.3 Å². The molecular formula is C69H57Cl3F6SiTi. The van der Waals surface area contributed by atoms with Gasteiger partial charge in [0.1, 0.15) is 0 Å². The molecule has 0 aromatic heterocycles. The van der Waals surface area contributed by atoms with Crippen LogP contribution in [0.3, 0.4) is 0 Å². The van der Waals surface area contributed by atoms with Crippen molar-refractivity contribution in [1.29, 1.82) is 0 Å². The number of halogens is 9. The number of hydrogen-bond acceptors (Lipinski definition) is 0. The molecule has 1 atom stereocenters. The van der Waals surface area contributed by atoms with E-state index in [0.29, 0.717) is 38.5 Å². The zero-order chi connectivity index (χ0) is 54.0. The Morgan fingerprint density at radius 3 is 0.650 bits per heavy atom. The second kappa shape index (κ2) is 26.2. The first-order chi connectivity index (χ1) is 37.0. The van der Waals surface area contributed by atoms with E-state index in [-0.39, 0.29) is 72.1 Å². The van der Waals surface area contributed by atoms with E-state index >= 15 is 0 Å². The molecule has 9 aromatic carbocycles. The van der Waals surface area contributed by atoms with Crippen molar-refractivity contribution in [3.8, 4) is 0 Å². The number of hydrogen-bond donors (Lipinski definition) is 0. The zero-order valence-corrected chi connectivity index (χ0v) is 49.5. The van der Waals surface area contributed by atoms with Crippen molar-refractivity contribution in [2.75, 3.05) is 0 Å². The molecule has 0 saturated heterocycles. The van der Waals surface area contributed by atoms with Crippen LogP contribution < -0.4 is 52.8 Å². The van der Waals surface area contributed by atoms with Crippen LogP contribution in [0.1, 0.15) is 94.5 Å². The third-order valence-corrected chi connectivity index (χ3v) is 23.2. The molecule has 0 bridgehead atoms. The van der Waals surface area contributed by atoms with Gasteiger partial charge in [0.2, 0.25) is 0 Å². The van der Waals surface area contributed by atoms with Crippen LogP contribution in [0.15, 0.2) is 221 Å². The Bertz CT molecular complexity index is 3110. The summed E-state index contributed by atoms with van der Waals surface area (Å²) in [5.41, 5.74) is 15.5. The van der Waals surface area contributed by atoms with E-state index in [9.17, 15) is 26.3 Å². The van der Waals surface area contributed by atoms with Crippen LogP contribution in [0.25, 0.3) is 0 Å². The molecule has 0 radical (unpaired) electrons. The Hall–Kier alpha value is -6.16. The van der Waals surface area contributed by atoms with Gasteiger partial charge >= 0.3 is 464 Å². The van der Waals surface area contributed by atoms with E-state index < -0.39 is 13.1 Å². The van der Waals surface area contributed by atoms with Crippen molar-refractivity contribution in [3.05, 3.63) is 322 Å². The summed E-state index contributed by atoms with van der Waals surface area (Å²) in [5.74, 6) is -1.89. The molecule has 404 valence electrons. The summed E-state index contributed by atoms with van der Waals surface area (Å²) in [6, 6.07) is 60.8. The van der Waals surface area contributed by atoms with Crippen molar-refractivity contribution < 1.29 is 84.0 Å². The van der Waals surface area contributed by atoms with Crippen molar-refractivity contribution in [2.45, 2.75) is 71.3 Å². The maximum atomic E-state index is 14.6. The first-order valence-electron chi connectivity index (χ1n) is 26.0. The van der Waals surface area contributed by atoms with Crippen molar-refractivity contribution in [2.24, 2.45) is 0 Å². The molecule has 0 N–H and O–H groups in total. The molecule has 0 spiro atoms. The third kappa shape index (κ3) is 13.3. The van der Waals surface area contributed by atoms with Gasteiger partial charge in [-0.3, -0.25) is 0 Å². The molecule has 0 heterocycles. The van der Waals surface area contributed by atoms with E-state index in [4.69, 9.17) is 0 Å². The summed E-state index contributed by atoms with van der Waals surface area (Å²) in [5, 5.41) is 2.76. The van der Waals surface area contributed by atoms with Gasteiger partial charge in [-0.1, -0.05) is 0 Å². The maximum Gasteiger partial charge on any atom is -1.00 e. The van der Waals surface area contributed by atoms with Crippen LogP contribution in [0.5, 0.6) is 0 Å². The molecule has 0 fully saturated rings. The third-order valence-electron chi connectivity index (χ3n) is 15.9. The van der Waals surface area contributed by atoms with Gasteiger partial charge in [-0.05, 0) is 0 Å². The monoisotopic (exact) mass is 1180 g/mol. The van der Waals surface area contributed by atoms with Crippen LogP contribution in [-0.4, -0.2) is 8.07 Å². The Labute approximate surface area is 497 Å². The van der Waals surface area contributed by atoms with Crippen LogP contribution in [-0.2, 0) is 59.0 Å². The largest absolute Gasteiger partial charge is 1.00 e. The standard InChI is InChI=1S/C69H57F6Si.3ClH.Ti/c1-45-44-69(4,47(3)46(45)2)76(66-38-54(29-48-5-17-60(70)18-6-48)35-55(39-66)30-49-7-19-61(71)20-8-49,67-40-56(31-50-9-21-62(72)22-10-50)36-57(41-67)32-51-11-23-63(73)24-12-51)68-42-58(33-52-13-25-64(74)26-14-52)37-59(43-68)34-53-15-27-65(75)28-16-53;;;;/h5-28,35-43H,29-34H2,1-4H3;3*1H;/q;;;;+3/p-3. The fourth-order valence-electron chi connectivity index (χ4n) is 11.8. The van der Waals surface area contributed by atoms with Gasteiger partial charge < -0.3 is 37.2 Å². The van der Waals surface area contributed by atoms with Crippen LogP contribution in [0.4, 0.5) is 26.3 Å². The Morgan fingerprint density at radius 1 is 0.300 bits per heavy atom. The average Bonchev–Trinajstić information content (AvgIpc) is 3.82. The summed E-state index contributed by atoms with van der Waals surface area (Å²) in [6.45, 7) is 9.15. The quantitative estimate of drug-likeness (QED) is 0.0592. The molecule has 1 unspecified atom stereocenters. The van der Waals surface area contributed by atoms with E-state index in [1.54, 1.807) is 0 Å². The van der Waals surface area contributed by atoms with Crippen molar-refractivity contribution in [1.82, 2.24) is 0 Å². The second-order valence-corrected chi connectivity index (χ2v) is 26.1. The second-order valence-electron chi connectivity index (χ2n) is 21.1. The first kappa shape index (κ1) is 61.5. The minimum Gasteiger partial charge on any atom is -1.00 e. The average molecular weight is 1180 g/mol. The van der Waals surface area contributed by atoms with E-state index in [1.807, 2.05) is 72.8 Å². The molecule has 80 heavy (non-hydrogen) atoms. The Morgan fingerprint density at radius 2 is 0.487 bits per heavy atom. The molecule has 0 saturated carbocycles. The topological polar surface area (TPSA) is 0 Å². The molecule has 0 amide bonds. The number of rotatable bonds is 16. The summed E-state index contributed by atoms with van der Waals surface area (Å²) >= 11 is 2.28. The molecule has 1 aliphatic rings. The SMILES string of the molecule is CC1=C(C)C(C)([Si](c2cc(Cc3ccc(F)cc3)cc(Cc3ccc(F)cc3)c2)(c2cc(Cc3ccc(F)cc3)cc(Cc3ccc(F)cc3)c2)c2cc(Cc3ccc(F)cc3)cc(Cc3ccc(F)cc3)c2)[C]([Ti+3])=C1C.[Cl-].[Cl-].[Cl-]. The van der Waals surface area contributed by atoms with Crippen LogP contribution in [0, 0.1) is 34.9 Å². The van der Waals surface area contributed by atoms with E-state index in [2.05, 4.69) is 103 Å². The summed E-state index contributed by atoms with van der Waals surface area (Å²) in [6.07, 6.45) is 3.05. The Balaban J connectivity index is 0.00000308. The molecule has 11 heteroatoms. The normalized spacial score (nSPS) is 14.2. The maximum absolute atomic E-state index is 14.6. The fourth-order valence-corrected chi connectivity index (χ4v) is 19.7.